The van der Waals surface area contributed by atoms with Gasteiger partial charge in [-0.2, -0.15) is 0 Å². The average molecular weight is 1380 g/mol. The van der Waals surface area contributed by atoms with Crippen LogP contribution in [-0.4, -0.2) is 161 Å². The van der Waals surface area contributed by atoms with Gasteiger partial charge in [0.2, 0.25) is 0 Å². The molecule has 4 aliphatic heterocycles. The minimum absolute atomic E-state index is 0. The summed E-state index contributed by atoms with van der Waals surface area (Å²) in [6.45, 7) is 28.2. The lowest BCUT2D eigenvalue weighted by Gasteiger charge is -2.31. The van der Waals surface area contributed by atoms with Crippen LogP contribution in [0.1, 0.15) is 227 Å². The molecule has 4 atom stereocenters. The van der Waals surface area contributed by atoms with Crippen LogP contribution in [0.3, 0.4) is 0 Å². The standard InChI is InChI=1S/2C23H26O6.2C16H36P.CH4O.CH4.H2O/c2*1-23(11-10-22(24)25,16-2-6-18(7-3-16)26-12-20-14-28-20)17-4-8-19(9-5-17)27-13-21-15-29-21;2*1-5-9-13-17(14-10-6-2,15-11-7-3)16-12-8-4;1-2;;/h2*2-9,20-21H,10-15H2,1H3,(H,24,25);2*5-16H2,1-4H3;2H,1H3;1H4;1H2/q;;2*+1;;;/p-2. The van der Waals surface area contributed by atoms with E-state index in [1.54, 1.807) is 49.3 Å². The fourth-order valence-electron chi connectivity index (χ4n) is 12.0. The van der Waals surface area contributed by atoms with Crippen molar-refractivity contribution in [1.82, 2.24) is 0 Å². The van der Waals surface area contributed by atoms with Gasteiger partial charge in [-0.3, -0.25) is 4.79 Å². The van der Waals surface area contributed by atoms with Crippen molar-refractivity contribution >= 4 is 26.5 Å². The zero-order valence-electron chi connectivity index (χ0n) is 60.7. The molecule has 0 spiro atoms. The molecule has 14 nitrogen and oxygen atoms in total. The molecule has 0 aromatic heterocycles. The second-order valence-corrected chi connectivity index (χ2v) is 35.8. The topological polar surface area (TPSA) is 215 Å². The number of carbonyl (C=O) groups is 2. The van der Waals surface area contributed by atoms with Crippen LogP contribution in [0.5, 0.6) is 23.0 Å². The van der Waals surface area contributed by atoms with Crippen LogP contribution in [0.15, 0.2) is 97.1 Å². The Balaban J connectivity index is 0.000000443. The highest BCUT2D eigenvalue weighted by atomic mass is 31.2. The van der Waals surface area contributed by atoms with Gasteiger partial charge in [0, 0.05) is 44.9 Å². The van der Waals surface area contributed by atoms with Crippen molar-refractivity contribution in [2.45, 2.75) is 240 Å². The molecule has 4 aliphatic rings. The number of aliphatic hydroxyl groups is 1. The van der Waals surface area contributed by atoms with Gasteiger partial charge in [-0.15, -0.1) is 0 Å². The SMILES string of the molecule is C.CC(CCC(=O)O)(c1ccc(OCC2CO2)cc1)c1ccc(OCC2CO2)cc1.CC(CCC(=O)[O-])(c1ccc(OCC2CO2)cc1)c1ccc(OCC2CO2)cc1.CCCC[P+](CCCC)(CCCC)CCCC.CCCC[P+](CCCC)(CCCC)CCCC.CO.[OH-]. The number of benzene rings is 4. The van der Waals surface area contributed by atoms with Gasteiger partial charge >= 0.3 is 5.97 Å². The molecule has 4 saturated heterocycles. The van der Waals surface area contributed by atoms with Crippen molar-refractivity contribution in [2.24, 2.45) is 0 Å². The molecular formula is C80H132O14P2. The van der Waals surface area contributed by atoms with E-state index >= 15 is 0 Å². The molecule has 4 heterocycles. The van der Waals surface area contributed by atoms with Crippen molar-refractivity contribution in [3.05, 3.63) is 119 Å². The van der Waals surface area contributed by atoms with Crippen LogP contribution >= 0.6 is 14.5 Å². The molecule has 8 rings (SSSR count). The van der Waals surface area contributed by atoms with Crippen molar-refractivity contribution in [3.8, 4) is 23.0 Å². The van der Waals surface area contributed by atoms with Gasteiger partial charge in [-0.25, -0.2) is 0 Å². The van der Waals surface area contributed by atoms with Crippen molar-refractivity contribution in [1.29, 1.82) is 0 Å². The number of carboxylic acids is 2. The molecule has 0 amide bonds. The summed E-state index contributed by atoms with van der Waals surface area (Å²) in [6.07, 6.45) is 37.7. The first-order valence-electron chi connectivity index (χ1n) is 36.5. The van der Waals surface area contributed by atoms with Gasteiger partial charge in [-0.05, 0) is 141 Å². The molecule has 0 saturated carbocycles. The number of unbranched alkanes of at least 4 members (excludes halogenated alkanes) is 8. The largest absolute Gasteiger partial charge is 0.870 e. The molecule has 4 fully saturated rings. The predicted molar refractivity (Wildman–Crippen MR) is 400 cm³/mol. The van der Waals surface area contributed by atoms with Crippen LogP contribution in [0.2, 0.25) is 0 Å². The minimum atomic E-state index is -1.05. The van der Waals surface area contributed by atoms with E-state index in [1.165, 1.54) is 103 Å². The number of ether oxygens (including phenoxy) is 8. The van der Waals surface area contributed by atoms with Crippen molar-refractivity contribution < 1.29 is 68.3 Å². The highest BCUT2D eigenvalue weighted by Crippen LogP contribution is 2.62. The third-order valence-electron chi connectivity index (χ3n) is 18.9. The molecule has 96 heavy (non-hydrogen) atoms. The third kappa shape index (κ3) is 34.1. The quantitative estimate of drug-likeness (QED) is 0.0311. The van der Waals surface area contributed by atoms with Crippen molar-refractivity contribution in [3.63, 3.8) is 0 Å². The monoisotopic (exact) mass is 1380 g/mol. The zero-order valence-corrected chi connectivity index (χ0v) is 62.5. The number of carboxylic acid groups (broad SMARTS) is 2. The summed E-state index contributed by atoms with van der Waals surface area (Å²) >= 11 is 0. The molecule has 546 valence electrons. The number of hydrogen-bond donors (Lipinski definition) is 2. The minimum Gasteiger partial charge on any atom is -0.870 e. The summed E-state index contributed by atoms with van der Waals surface area (Å²) in [5, 5.41) is 27.4. The zero-order chi connectivity index (χ0) is 68.5. The van der Waals surface area contributed by atoms with E-state index < -0.39 is 37.3 Å². The van der Waals surface area contributed by atoms with E-state index in [0.29, 0.717) is 39.3 Å². The second-order valence-electron chi connectivity index (χ2n) is 26.9. The van der Waals surface area contributed by atoms with E-state index in [1.807, 2.05) is 97.1 Å². The maximum atomic E-state index is 11.3. The Kier molecular flexibility index (Phi) is 45.0. The Labute approximate surface area is 583 Å². The van der Waals surface area contributed by atoms with Crippen LogP contribution in [0, 0.1) is 0 Å². The smallest absolute Gasteiger partial charge is 0.303 e. The number of aliphatic carboxylic acids is 2. The van der Waals surface area contributed by atoms with E-state index in [-0.39, 0.29) is 50.2 Å². The van der Waals surface area contributed by atoms with Gasteiger partial charge in [0.1, 0.15) is 73.8 Å². The van der Waals surface area contributed by atoms with Gasteiger partial charge in [0.15, 0.2) is 0 Å². The Morgan fingerprint density at radius 1 is 0.406 bits per heavy atom. The molecule has 4 aromatic carbocycles. The molecule has 3 N–H and O–H groups in total. The van der Waals surface area contributed by atoms with Crippen LogP contribution < -0.4 is 24.1 Å². The number of epoxide rings is 4. The van der Waals surface area contributed by atoms with Gasteiger partial charge < -0.3 is 63.5 Å². The Morgan fingerprint density at radius 3 is 0.750 bits per heavy atom. The van der Waals surface area contributed by atoms with Gasteiger partial charge in [-0.1, -0.05) is 177 Å². The van der Waals surface area contributed by atoms with Gasteiger partial charge in [0.05, 0.1) is 75.7 Å². The molecule has 4 unspecified atom stereocenters. The highest BCUT2D eigenvalue weighted by molar-refractivity contribution is 7.76. The molecule has 0 bridgehead atoms. The third-order valence-corrected chi connectivity index (χ3v) is 29.0. The van der Waals surface area contributed by atoms with E-state index in [2.05, 4.69) is 69.2 Å². The summed E-state index contributed by atoms with van der Waals surface area (Å²) in [5.41, 5.74) is 3.23. The first kappa shape index (κ1) is 87.7. The number of aliphatic hydroxyl groups excluding tert-OH is 1. The molecule has 0 radical (unpaired) electrons. The fraction of sp³-hybridized carbons (Fsp3) is 0.675. The predicted octanol–water partition coefficient (Wildman–Crippen LogP) is 18.0. The van der Waals surface area contributed by atoms with Gasteiger partial charge in [0.25, 0.3) is 0 Å². The summed E-state index contributed by atoms with van der Waals surface area (Å²) < 4.78 is 43.5. The number of hydrogen-bond acceptors (Lipinski definition) is 13. The fourth-order valence-corrected chi connectivity index (χ4v) is 22.6. The molecule has 0 aliphatic carbocycles. The lowest BCUT2D eigenvalue weighted by atomic mass is 9.73. The molecule has 16 heteroatoms. The number of rotatable bonds is 46. The molecule has 4 aromatic rings. The van der Waals surface area contributed by atoms with E-state index in [0.717, 1.165) is 78.8 Å². The summed E-state index contributed by atoms with van der Waals surface area (Å²) in [7, 11) is -0.125. The Bertz CT molecular complexity index is 2210. The Hall–Kier alpha value is -4.36. The van der Waals surface area contributed by atoms with E-state index in [9.17, 15) is 19.8 Å². The van der Waals surface area contributed by atoms with Crippen molar-refractivity contribution in [2.75, 3.05) is 109 Å². The highest BCUT2D eigenvalue weighted by Gasteiger charge is 2.37. The first-order valence-corrected chi connectivity index (χ1v) is 41.6. The lowest BCUT2D eigenvalue weighted by Crippen LogP contribution is -2.29. The van der Waals surface area contributed by atoms with Crippen LogP contribution in [-0.2, 0) is 39.4 Å². The average Bonchev–Trinajstić information content (AvgIpc) is 0.987. The normalized spacial score (nSPS) is 17.5. The van der Waals surface area contributed by atoms with E-state index in [4.69, 9.17) is 43.0 Å². The molecular weight excluding hydrogens is 1250 g/mol. The lowest BCUT2D eigenvalue weighted by molar-refractivity contribution is -0.306. The Morgan fingerprint density at radius 2 is 0.594 bits per heavy atom. The maximum absolute atomic E-state index is 11.3. The summed E-state index contributed by atoms with van der Waals surface area (Å²) in [4.78, 5) is 22.4. The second kappa shape index (κ2) is 49.2. The number of carbonyl (C=O) groups excluding carboxylic acids is 1. The summed E-state index contributed by atoms with van der Waals surface area (Å²) in [5.74, 6) is 1.27. The summed E-state index contributed by atoms with van der Waals surface area (Å²) in [6, 6.07) is 31.4. The van der Waals surface area contributed by atoms with Crippen LogP contribution in [0.4, 0.5) is 0 Å². The van der Waals surface area contributed by atoms with Crippen LogP contribution in [0.25, 0.3) is 0 Å². The maximum Gasteiger partial charge on any atom is 0.303 e. The first-order chi connectivity index (χ1) is 45.5.